The summed E-state index contributed by atoms with van der Waals surface area (Å²) in [5, 5.41) is 3.14. The van der Waals surface area contributed by atoms with Gasteiger partial charge in [-0.1, -0.05) is 27.7 Å². The minimum Gasteiger partial charge on any atom is -0.314 e. The van der Waals surface area contributed by atoms with E-state index < -0.39 is 10.2 Å². The van der Waals surface area contributed by atoms with Gasteiger partial charge in [0.15, 0.2) is 0 Å². The van der Waals surface area contributed by atoms with Crippen LogP contribution >= 0.6 is 0 Å². The summed E-state index contributed by atoms with van der Waals surface area (Å²) in [6.45, 7) is 11.4. The normalized spacial score (nSPS) is 19.8. The second-order valence-corrected chi connectivity index (χ2v) is 7.37. The van der Waals surface area contributed by atoms with Crippen molar-refractivity contribution in [3.8, 4) is 0 Å². The Bertz CT molecular complexity index is 333. The maximum absolute atomic E-state index is 12.0. The first-order chi connectivity index (χ1) is 7.76. The van der Waals surface area contributed by atoms with Gasteiger partial charge in [0.2, 0.25) is 0 Å². The summed E-state index contributed by atoms with van der Waals surface area (Å²) in [4.78, 5) is 0. The summed E-state index contributed by atoms with van der Waals surface area (Å²) in [6.07, 6.45) is 0. The van der Waals surface area contributed by atoms with Crippen LogP contribution < -0.4 is 10.0 Å². The molecule has 0 aliphatic carbocycles. The third-order valence-corrected chi connectivity index (χ3v) is 5.24. The summed E-state index contributed by atoms with van der Waals surface area (Å²) in [5.41, 5.74) is -0.0267. The first-order valence-corrected chi connectivity index (χ1v) is 7.65. The summed E-state index contributed by atoms with van der Waals surface area (Å²) >= 11 is 0. The zero-order valence-corrected chi connectivity index (χ0v) is 12.1. The highest BCUT2D eigenvalue weighted by Crippen LogP contribution is 2.25. The Morgan fingerprint density at radius 3 is 2.29 bits per heavy atom. The Hall–Kier alpha value is -0.170. The fourth-order valence-corrected chi connectivity index (χ4v) is 2.86. The molecule has 5 nitrogen and oxygen atoms in total. The van der Waals surface area contributed by atoms with Crippen LogP contribution in [0.25, 0.3) is 0 Å². The van der Waals surface area contributed by atoms with E-state index in [4.69, 9.17) is 0 Å². The van der Waals surface area contributed by atoms with Crippen LogP contribution in [-0.4, -0.2) is 45.4 Å². The van der Waals surface area contributed by atoms with Crippen LogP contribution in [0.5, 0.6) is 0 Å². The molecule has 0 aromatic heterocycles. The van der Waals surface area contributed by atoms with E-state index in [9.17, 15) is 8.42 Å². The fraction of sp³-hybridized carbons (Fsp3) is 1.00. The van der Waals surface area contributed by atoms with Crippen LogP contribution in [0.1, 0.15) is 27.7 Å². The van der Waals surface area contributed by atoms with Gasteiger partial charge >= 0.3 is 0 Å². The van der Waals surface area contributed by atoms with E-state index in [1.807, 2.05) is 0 Å². The van der Waals surface area contributed by atoms with Gasteiger partial charge in [-0.2, -0.15) is 12.7 Å². The van der Waals surface area contributed by atoms with Crippen LogP contribution in [0, 0.1) is 11.3 Å². The Kier molecular flexibility index (Phi) is 4.95. The standard InChI is InChI=1S/C11H25N3O2S/c1-10(2)11(3,4)9-13-17(15,16)14-7-5-12-6-8-14/h10,12-13H,5-9H2,1-4H3. The van der Waals surface area contributed by atoms with Gasteiger partial charge in [0, 0.05) is 32.7 Å². The minimum atomic E-state index is -3.31. The first kappa shape index (κ1) is 14.9. The van der Waals surface area contributed by atoms with Crippen LogP contribution in [0.2, 0.25) is 0 Å². The molecule has 0 aromatic carbocycles. The number of hydrogen-bond donors (Lipinski definition) is 2. The third-order valence-electron chi connectivity index (χ3n) is 3.69. The van der Waals surface area contributed by atoms with E-state index in [2.05, 4.69) is 37.7 Å². The molecule has 0 amide bonds. The highest BCUT2D eigenvalue weighted by Gasteiger charge is 2.28. The van der Waals surface area contributed by atoms with Gasteiger partial charge in [0.25, 0.3) is 10.2 Å². The predicted octanol–water partition coefficient (Wildman–Crippen LogP) is 0.408. The molecule has 1 saturated heterocycles. The molecule has 6 heteroatoms. The smallest absolute Gasteiger partial charge is 0.279 e. The van der Waals surface area contributed by atoms with Crippen LogP contribution in [0.15, 0.2) is 0 Å². The second kappa shape index (κ2) is 5.65. The van der Waals surface area contributed by atoms with E-state index in [1.54, 1.807) is 0 Å². The van der Waals surface area contributed by atoms with Crippen molar-refractivity contribution in [2.24, 2.45) is 11.3 Å². The van der Waals surface area contributed by atoms with E-state index in [0.717, 1.165) is 13.1 Å². The number of nitrogens with one attached hydrogen (secondary N) is 2. The molecule has 1 aliphatic heterocycles. The van der Waals surface area contributed by atoms with E-state index in [0.29, 0.717) is 25.6 Å². The predicted molar refractivity (Wildman–Crippen MR) is 70.0 cm³/mol. The zero-order valence-electron chi connectivity index (χ0n) is 11.3. The number of rotatable bonds is 5. The van der Waals surface area contributed by atoms with Crippen molar-refractivity contribution in [3.05, 3.63) is 0 Å². The number of hydrogen-bond acceptors (Lipinski definition) is 3. The molecule has 17 heavy (non-hydrogen) atoms. The van der Waals surface area contributed by atoms with Gasteiger partial charge in [0.1, 0.15) is 0 Å². The third kappa shape index (κ3) is 4.21. The lowest BCUT2D eigenvalue weighted by molar-refractivity contribution is 0.248. The van der Waals surface area contributed by atoms with Crippen molar-refractivity contribution in [2.45, 2.75) is 27.7 Å². The van der Waals surface area contributed by atoms with Crippen molar-refractivity contribution < 1.29 is 8.42 Å². The van der Waals surface area contributed by atoms with Crippen LogP contribution in [0.3, 0.4) is 0 Å². The maximum atomic E-state index is 12.0. The average molecular weight is 263 g/mol. The van der Waals surface area contributed by atoms with E-state index in [1.165, 1.54) is 4.31 Å². The molecule has 2 N–H and O–H groups in total. The molecule has 1 fully saturated rings. The van der Waals surface area contributed by atoms with E-state index >= 15 is 0 Å². The molecule has 1 heterocycles. The minimum absolute atomic E-state index is 0.0267. The van der Waals surface area contributed by atoms with Gasteiger partial charge in [0.05, 0.1) is 0 Å². The lowest BCUT2D eigenvalue weighted by Crippen LogP contribution is -2.52. The molecule has 0 spiro atoms. The summed E-state index contributed by atoms with van der Waals surface area (Å²) in [7, 11) is -3.31. The SMILES string of the molecule is CC(C)C(C)(C)CNS(=O)(=O)N1CCNCC1. The van der Waals surface area contributed by atoms with Gasteiger partial charge in [-0.25, -0.2) is 4.72 Å². The largest absolute Gasteiger partial charge is 0.314 e. The molecule has 0 bridgehead atoms. The quantitative estimate of drug-likeness (QED) is 0.755. The van der Waals surface area contributed by atoms with Crippen molar-refractivity contribution in [1.82, 2.24) is 14.3 Å². The monoisotopic (exact) mass is 263 g/mol. The van der Waals surface area contributed by atoms with Crippen molar-refractivity contribution in [1.29, 1.82) is 0 Å². The van der Waals surface area contributed by atoms with Gasteiger partial charge in [-0.05, 0) is 11.3 Å². The van der Waals surface area contributed by atoms with Crippen molar-refractivity contribution in [2.75, 3.05) is 32.7 Å². The fourth-order valence-electron chi connectivity index (χ4n) is 1.46. The van der Waals surface area contributed by atoms with Gasteiger partial charge in [-0.15, -0.1) is 0 Å². The molecular weight excluding hydrogens is 238 g/mol. The van der Waals surface area contributed by atoms with Crippen molar-refractivity contribution in [3.63, 3.8) is 0 Å². The topological polar surface area (TPSA) is 61.4 Å². The Labute approximate surface area is 105 Å². The number of nitrogens with zero attached hydrogens (tertiary/aromatic N) is 1. The molecule has 102 valence electrons. The summed E-state index contributed by atoms with van der Waals surface area (Å²) < 4.78 is 28.3. The second-order valence-electron chi connectivity index (χ2n) is 5.62. The maximum Gasteiger partial charge on any atom is 0.279 e. The molecule has 0 radical (unpaired) electrons. The molecule has 1 rings (SSSR count). The molecule has 0 aromatic rings. The Morgan fingerprint density at radius 2 is 1.82 bits per heavy atom. The Balaban J connectivity index is 2.55. The highest BCUT2D eigenvalue weighted by atomic mass is 32.2. The highest BCUT2D eigenvalue weighted by molar-refractivity contribution is 7.87. The molecule has 1 aliphatic rings. The Morgan fingerprint density at radius 1 is 1.29 bits per heavy atom. The zero-order chi connectivity index (χ0) is 13.1. The van der Waals surface area contributed by atoms with Crippen LogP contribution in [-0.2, 0) is 10.2 Å². The molecule has 0 unspecified atom stereocenters. The molecule has 0 atom stereocenters. The molecular formula is C11H25N3O2S. The van der Waals surface area contributed by atoms with Gasteiger partial charge in [-0.3, -0.25) is 0 Å². The lowest BCUT2D eigenvalue weighted by atomic mass is 9.81. The van der Waals surface area contributed by atoms with E-state index in [-0.39, 0.29) is 5.41 Å². The average Bonchev–Trinajstić information content (AvgIpc) is 2.28. The number of piperazine rings is 1. The summed E-state index contributed by atoms with van der Waals surface area (Å²) in [5.74, 6) is 0.438. The summed E-state index contributed by atoms with van der Waals surface area (Å²) in [6, 6.07) is 0. The molecule has 0 saturated carbocycles. The first-order valence-electron chi connectivity index (χ1n) is 6.21. The lowest BCUT2D eigenvalue weighted by Gasteiger charge is -2.32. The van der Waals surface area contributed by atoms with Crippen LogP contribution in [0.4, 0.5) is 0 Å². The van der Waals surface area contributed by atoms with Crippen molar-refractivity contribution >= 4 is 10.2 Å². The van der Waals surface area contributed by atoms with Gasteiger partial charge < -0.3 is 5.32 Å².